The maximum atomic E-state index is 9.11. The molecule has 0 amide bonds. The Labute approximate surface area is 86.0 Å². The van der Waals surface area contributed by atoms with Crippen LogP contribution in [0.4, 0.5) is 0 Å². The van der Waals surface area contributed by atoms with E-state index in [9.17, 15) is 0 Å². The molecule has 1 saturated carbocycles. The van der Waals surface area contributed by atoms with Crippen molar-refractivity contribution in [3.63, 3.8) is 0 Å². The van der Waals surface area contributed by atoms with Gasteiger partial charge in [0.2, 0.25) is 0 Å². The molecule has 76 valence electrons. The highest BCUT2D eigenvalue weighted by Crippen LogP contribution is 2.27. The zero-order chi connectivity index (χ0) is 9.84. The van der Waals surface area contributed by atoms with E-state index in [1.165, 1.54) is 0 Å². The van der Waals surface area contributed by atoms with Gasteiger partial charge in [-0.05, 0) is 25.8 Å². The van der Waals surface area contributed by atoms with Crippen LogP contribution in [0, 0.1) is 5.92 Å². The molecule has 1 aliphatic rings. The Hall–Kier alpha value is 0.01000. The molecule has 0 aliphatic heterocycles. The van der Waals surface area contributed by atoms with Crippen LogP contribution >= 0.6 is 12.6 Å². The minimum atomic E-state index is -0.0357. The van der Waals surface area contributed by atoms with E-state index in [4.69, 9.17) is 5.11 Å². The van der Waals surface area contributed by atoms with Gasteiger partial charge in [-0.2, -0.15) is 12.6 Å². The fourth-order valence-corrected chi connectivity index (χ4v) is 1.89. The van der Waals surface area contributed by atoms with Gasteiger partial charge in [0.25, 0.3) is 0 Å². The van der Waals surface area contributed by atoms with Crippen LogP contribution in [0.15, 0.2) is 12.2 Å². The first kappa shape index (κ1) is 11.1. The summed E-state index contributed by atoms with van der Waals surface area (Å²) in [5.41, 5.74) is 1.16. The van der Waals surface area contributed by atoms with Crippen LogP contribution in [0.5, 0.6) is 0 Å². The van der Waals surface area contributed by atoms with Crippen molar-refractivity contribution >= 4 is 12.6 Å². The molecular formula is C10H19NOS. The molecule has 0 bridgehead atoms. The van der Waals surface area contributed by atoms with E-state index in [2.05, 4.69) is 31.2 Å². The minimum absolute atomic E-state index is 0.0357. The standard InChI is InChI=1S/C10H19NOS/c1-8(7-13)5-11(2)6-9-3-10(12)4-9/h9-10,12-13H,1,3-7H2,2H3. The second-order valence-electron chi connectivity index (χ2n) is 4.10. The maximum Gasteiger partial charge on any atom is 0.0546 e. The van der Waals surface area contributed by atoms with Crippen molar-refractivity contribution in [2.75, 3.05) is 25.9 Å². The zero-order valence-electron chi connectivity index (χ0n) is 8.24. The van der Waals surface area contributed by atoms with Gasteiger partial charge in [0, 0.05) is 18.8 Å². The molecule has 3 heteroatoms. The van der Waals surface area contributed by atoms with E-state index in [1.54, 1.807) is 0 Å². The number of hydrogen-bond donors (Lipinski definition) is 2. The van der Waals surface area contributed by atoms with E-state index in [-0.39, 0.29) is 6.10 Å². The third-order valence-electron chi connectivity index (χ3n) is 2.50. The lowest BCUT2D eigenvalue weighted by Gasteiger charge is -2.34. The number of aliphatic hydroxyl groups excluding tert-OH is 1. The van der Waals surface area contributed by atoms with E-state index >= 15 is 0 Å². The molecule has 0 aromatic rings. The van der Waals surface area contributed by atoms with Crippen molar-refractivity contribution in [1.29, 1.82) is 0 Å². The fraction of sp³-hybridized carbons (Fsp3) is 0.800. The smallest absolute Gasteiger partial charge is 0.0546 e. The van der Waals surface area contributed by atoms with Crippen molar-refractivity contribution in [2.24, 2.45) is 5.92 Å². The Morgan fingerprint density at radius 1 is 1.62 bits per heavy atom. The summed E-state index contributed by atoms with van der Waals surface area (Å²) in [6.45, 7) is 5.91. The summed E-state index contributed by atoms with van der Waals surface area (Å²) in [7, 11) is 2.10. The van der Waals surface area contributed by atoms with Gasteiger partial charge in [0.1, 0.15) is 0 Å². The lowest BCUT2D eigenvalue weighted by Crippen LogP contribution is -2.37. The Morgan fingerprint density at radius 2 is 2.23 bits per heavy atom. The Morgan fingerprint density at radius 3 is 2.69 bits per heavy atom. The lowest BCUT2D eigenvalue weighted by molar-refractivity contribution is 0.0296. The molecule has 1 rings (SSSR count). The number of thiol groups is 1. The van der Waals surface area contributed by atoms with Crippen molar-refractivity contribution < 1.29 is 5.11 Å². The van der Waals surface area contributed by atoms with Crippen molar-refractivity contribution in [3.8, 4) is 0 Å². The largest absolute Gasteiger partial charge is 0.393 e. The molecule has 2 nitrogen and oxygen atoms in total. The first-order valence-corrected chi connectivity index (χ1v) is 5.39. The van der Waals surface area contributed by atoms with Crippen LogP contribution in [0.1, 0.15) is 12.8 Å². The van der Waals surface area contributed by atoms with E-state index in [0.717, 1.165) is 37.3 Å². The predicted octanol–water partition coefficient (Wildman–Crippen LogP) is 1.18. The molecule has 0 unspecified atom stereocenters. The average molecular weight is 201 g/mol. The lowest BCUT2D eigenvalue weighted by atomic mass is 9.82. The highest BCUT2D eigenvalue weighted by molar-refractivity contribution is 7.80. The van der Waals surface area contributed by atoms with E-state index in [1.807, 2.05) is 0 Å². The SMILES string of the molecule is C=C(CS)CN(C)CC1CC(O)C1. The molecule has 1 fully saturated rings. The molecule has 0 saturated heterocycles. The van der Waals surface area contributed by atoms with Gasteiger partial charge < -0.3 is 10.0 Å². The molecule has 0 radical (unpaired) electrons. The second-order valence-corrected chi connectivity index (χ2v) is 4.41. The van der Waals surface area contributed by atoms with Gasteiger partial charge in [-0.3, -0.25) is 0 Å². The second kappa shape index (κ2) is 5.03. The number of rotatable bonds is 5. The summed E-state index contributed by atoms with van der Waals surface area (Å²) < 4.78 is 0. The van der Waals surface area contributed by atoms with Gasteiger partial charge >= 0.3 is 0 Å². The van der Waals surface area contributed by atoms with Crippen LogP contribution < -0.4 is 0 Å². The van der Waals surface area contributed by atoms with Gasteiger partial charge in [0.15, 0.2) is 0 Å². The van der Waals surface area contributed by atoms with Crippen LogP contribution in [0.2, 0.25) is 0 Å². The summed E-state index contributed by atoms with van der Waals surface area (Å²) in [5, 5.41) is 9.11. The number of nitrogens with zero attached hydrogens (tertiary/aromatic N) is 1. The fourth-order valence-electron chi connectivity index (χ4n) is 1.79. The van der Waals surface area contributed by atoms with Gasteiger partial charge in [0.05, 0.1) is 6.10 Å². The number of hydrogen-bond acceptors (Lipinski definition) is 3. The maximum absolute atomic E-state index is 9.11. The summed E-state index contributed by atoms with van der Waals surface area (Å²) in [6, 6.07) is 0. The van der Waals surface area contributed by atoms with Crippen molar-refractivity contribution in [1.82, 2.24) is 4.90 Å². The Kier molecular flexibility index (Phi) is 4.29. The van der Waals surface area contributed by atoms with Crippen molar-refractivity contribution in [2.45, 2.75) is 18.9 Å². The molecule has 0 aromatic heterocycles. The summed E-state index contributed by atoms with van der Waals surface area (Å²) in [4.78, 5) is 2.26. The van der Waals surface area contributed by atoms with E-state index < -0.39 is 0 Å². The predicted molar refractivity (Wildman–Crippen MR) is 59.2 cm³/mol. The number of likely N-dealkylation sites (N-methyl/N-ethyl adjacent to an activating group) is 1. The van der Waals surface area contributed by atoms with Gasteiger partial charge in [-0.15, -0.1) is 0 Å². The molecule has 0 atom stereocenters. The van der Waals surface area contributed by atoms with Crippen molar-refractivity contribution in [3.05, 3.63) is 12.2 Å². The van der Waals surface area contributed by atoms with Gasteiger partial charge in [-0.1, -0.05) is 12.2 Å². The van der Waals surface area contributed by atoms with Gasteiger partial charge in [-0.25, -0.2) is 0 Å². The zero-order valence-corrected chi connectivity index (χ0v) is 9.13. The summed E-state index contributed by atoms with van der Waals surface area (Å²) in [5.74, 6) is 1.45. The molecule has 13 heavy (non-hydrogen) atoms. The Bertz CT molecular complexity index is 178. The van der Waals surface area contributed by atoms with Crippen LogP contribution in [0.3, 0.4) is 0 Å². The average Bonchev–Trinajstić information content (AvgIpc) is 2.01. The summed E-state index contributed by atoms with van der Waals surface area (Å²) >= 11 is 4.17. The first-order valence-electron chi connectivity index (χ1n) is 4.76. The molecule has 0 spiro atoms. The monoisotopic (exact) mass is 201 g/mol. The quantitative estimate of drug-likeness (QED) is 0.515. The molecule has 1 aliphatic carbocycles. The van der Waals surface area contributed by atoms with E-state index in [0.29, 0.717) is 5.92 Å². The molecule has 1 N–H and O–H groups in total. The Balaban J connectivity index is 2.11. The highest BCUT2D eigenvalue weighted by Gasteiger charge is 2.27. The third-order valence-corrected chi connectivity index (χ3v) is 2.95. The van der Waals surface area contributed by atoms with Crippen LogP contribution in [-0.4, -0.2) is 42.0 Å². The van der Waals surface area contributed by atoms with Crippen LogP contribution in [0.25, 0.3) is 0 Å². The summed E-state index contributed by atoms with van der Waals surface area (Å²) in [6.07, 6.45) is 1.90. The molecular weight excluding hydrogens is 182 g/mol. The molecule has 0 heterocycles. The highest BCUT2D eigenvalue weighted by atomic mass is 32.1. The first-order chi connectivity index (χ1) is 6.11. The number of aliphatic hydroxyl groups is 1. The minimum Gasteiger partial charge on any atom is -0.393 e. The normalized spacial score (nSPS) is 27.4. The third kappa shape index (κ3) is 3.71. The topological polar surface area (TPSA) is 23.5 Å². The molecule has 0 aromatic carbocycles. The van der Waals surface area contributed by atoms with Crippen LogP contribution in [-0.2, 0) is 0 Å².